The lowest BCUT2D eigenvalue weighted by atomic mass is 10.2. The number of carbonyl (C=O) groups is 2. The highest BCUT2D eigenvalue weighted by atomic mass is 16.2. The molecule has 1 aliphatic rings. The molecule has 124 valence electrons. The number of aromatic nitrogens is 3. The number of amides is 2. The minimum absolute atomic E-state index is 0.144. The van der Waals surface area contributed by atoms with E-state index in [2.05, 4.69) is 20.3 Å². The van der Waals surface area contributed by atoms with E-state index in [-0.39, 0.29) is 5.91 Å². The summed E-state index contributed by atoms with van der Waals surface area (Å²) in [5.41, 5.74) is 1.40. The van der Waals surface area contributed by atoms with Crippen molar-refractivity contribution in [3.05, 3.63) is 48.0 Å². The molecule has 2 amide bonds. The molecule has 1 saturated heterocycles. The van der Waals surface area contributed by atoms with Gasteiger partial charge >= 0.3 is 0 Å². The average Bonchev–Trinajstić information content (AvgIpc) is 2.67. The van der Waals surface area contributed by atoms with E-state index >= 15 is 0 Å². The second-order valence-corrected chi connectivity index (χ2v) is 5.41. The lowest BCUT2D eigenvalue weighted by Crippen LogP contribution is -2.48. The Morgan fingerprint density at radius 1 is 1.12 bits per heavy atom. The number of hydrogen-bond acceptors (Lipinski definition) is 6. The Morgan fingerprint density at radius 3 is 2.58 bits per heavy atom. The van der Waals surface area contributed by atoms with Crippen molar-refractivity contribution in [1.82, 2.24) is 24.8 Å². The number of nitrogens with one attached hydrogen (secondary N) is 1. The molecule has 1 fully saturated rings. The monoisotopic (exact) mass is 326 g/mol. The van der Waals surface area contributed by atoms with Gasteiger partial charge in [0, 0.05) is 51.3 Å². The first-order valence-corrected chi connectivity index (χ1v) is 7.71. The fourth-order valence-corrected chi connectivity index (χ4v) is 2.44. The van der Waals surface area contributed by atoms with E-state index in [4.69, 9.17) is 0 Å². The van der Waals surface area contributed by atoms with Gasteiger partial charge in [-0.2, -0.15) is 0 Å². The average molecular weight is 326 g/mol. The van der Waals surface area contributed by atoms with Crippen molar-refractivity contribution in [1.29, 1.82) is 0 Å². The van der Waals surface area contributed by atoms with Gasteiger partial charge in [-0.05, 0) is 23.8 Å². The van der Waals surface area contributed by atoms with Crippen LogP contribution < -0.4 is 5.32 Å². The van der Waals surface area contributed by atoms with Crippen LogP contribution in [-0.4, -0.2) is 63.2 Å². The molecule has 0 aliphatic carbocycles. The van der Waals surface area contributed by atoms with E-state index in [1.165, 1.54) is 0 Å². The molecule has 1 N–H and O–H groups in total. The van der Waals surface area contributed by atoms with Crippen LogP contribution in [0, 0.1) is 0 Å². The largest absolute Gasteiger partial charge is 0.350 e. The molecule has 0 spiro atoms. The zero-order valence-electron chi connectivity index (χ0n) is 13.1. The maximum atomic E-state index is 12.5. The molecule has 8 nitrogen and oxygen atoms in total. The van der Waals surface area contributed by atoms with Gasteiger partial charge < -0.3 is 15.1 Å². The molecule has 2 aromatic heterocycles. The van der Waals surface area contributed by atoms with Gasteiger partial charge in [0.15, 0.2) is 0 Å². The third-order valence-corrected chi connectivity index (χ3v) is 3.83. The summed E-state index contributed by atoms with van der Waals surface area (Å²) in [6, 6.07) is 5.40. The lowest BCUT2D eigenvalue weighted by molar-refractivity contribution is -0.119. The van der Waals surface area contributed by atoms with Crippen molar-refractivity contribution < 1.29 is 9.59 Å². The highest BCUT2D eigenvalue weighted by Gasteiger charge is 2.22. The van der Waals surface area contributed by atoms with Gasteiger partial charge in [0.05, 0.1) is 0 Å². The summed E-state index contributed by atoms with van der Waals surface area (Å²) in [4.78, 5) is 39.0. The molecule has 0 atom stereocenters. The first kappa shape index (κ1) is 15.9. The summed E-state index contributed by atoms with van der Waals surface area (Å²) in [7, 11) is 0. The van der Waals surface area contributed by atoms with E-state index in [9.17, 15) is 9.59 Å². The van der Waals surface area contributed by atoms with Crippen LogP contribution in [0.1, 0.15) is 16.1 Å². The zero-order valence-corrected chi connectivity index (χ0v) is 13.1. The number of nitrogens with zero attached hydrogens (tertiary/aromatic N) is 5. The van der Waals surface area contributed by atoms with Crippen molar-refractivity contribution in [3.8, 4) is 0 Å². The Balaban J connectivity index is 1.62. The van der Waals surface area contributed by atoms with E-state index in [1.807, 2.05) is 12.1 Å². The van der Waals surface area contributed by atoms with Crippen LogP contribution in [0.25, 0.3) is 0 Å². The van der Waals surface area contributed by atoms with E-state index in [0.29, 0.717) is 44.4 Å². The zero-order chi connectivity index (χ0) is 16.8. The molecule has 0 radical (unpaired) electrons. The van der Waals surface area contributed by atoms with Crippen molar-refractivity contribution in [2.75, 3.05) is 31.5 Å². The minimum atomic E-state index is -0.144. The molecule has 0 saturated carbocycles. The topological polar surface area (TPSA) is 91.3 Å². The van der Waals surface area contributed by atoms with Crippen molar-refractivity contribution in [3.63, 3.8) is 0 Å². The molecule has 0 unspecified atom stereocenters. The summed E-state index contributed by atoms with van der Waals surface area (Å²) in [5.74, 6) is 0.263. The Bertz CT molecular complexity index is 701. The number of pyridine rings is 1. The van der Waals surface area contributed by atoms with Gasteiger partial charge in [-0.3, -0.25) is 14.6 Å². The molecular weight excluding hydrogens is 308 g/mol. The standard InChI is InChI=1S/C16H18N6O2/c23-12-21-7-9-22(10-8-21)15(24)14-3-6-18-16(20-14)19-11-13-1-4-17-5-2-13/h1-6,12H,7-11H2,(H,18,19,20). The summed E-state index contributed by atoms with van der Waals surface area (Å²) in [6.07, 6.45) is 5.82. The molecule has 0 bridgehead atoms. The smallest absolute Gasteiger partial charge is 0.272 e. The fourth-order valence-electron chi connectivity index (χ4n) is 2.44. The van der Waals surface area contributed by atoms with Gasteiger partial charge in [-0.25, -0.2) is 9.97 Å². The Morgan fingerprint density at radius 2 is 1.88 bits per heavy atom. The Kier molecular flexibility index (Phi) is 4.95. The molecule has 8 heteroatoms. The van der Waals surface area contributed by atoms with Gasteiger partial charge in [0.25, 0.3) is 5.91 Å². The molecule has 0 aromatic carbocycles. The van der Waals surface area contributed by atoms with Gasteiger partial charge in [0.1, 0.15) is 5.69 Å². The van der Waals surface area contributed by atoms with Crippen LogP contribution in [0.3, 0.4) is 0 Å². The van der Waals surface area contributed by atoms with E-state index < -0.39 is 0 Å². The quantitative estimate of drug-likeness (QED) is 0.800. The minimum Gasteiger partial charge on any atom is -0.350 e. The Labute approximate surface area is 139 Å². The molecule has 3 rings (SSSR count). The highest BCUT2D eigenvalue weighted by Crippen LogP contribution is 2.09. The lowest BCUT2D eigenvalue weighted by Gasteiger charge is -2.32. The van der Waals surface area contributed by atoms with Crippen LogP contribution in [0.15, 0.2) is 36.8 Å². The first-order valence-electron chi connectivity index (χ1n) is 7.71. The number of rotatable bonds is 5. The van der Waals surface area contributed by atoms with Crippen LogP contribution in [0.5, 0.6) is 0 Å². The van der Waals surface area contributed by atoms with Crippen LogP contribution >= 0.6 is 0 Å². The second-order valence-electron chi connectivity index (χ2n) is 5.41. The Hall–Kier alpha value is -3.03. The second kappa shape index (κ2) is 7.49. The van der Waals surface area contributed by atoms with E-state index in [0.717, 1.165) is 12.0 Å². The normalized spacial score (nSPS) is 14.3. The predicted molar refractivity (Wildman–Crippen MR) is 87.1 cm³/mol. The molecule has 24 heavy (non-hydrogen) atoms. The van der Waals surface area contributed by atoms with Crippen molar-refractivity contribution in [2.24, 2.45) is 0 Å². The van der Waals surface area contributed by atoms with Crippen molar-refractivity contribution >= 4 is 18.3 Å². The summed E-state index contributed by atoms with van der Waals surface area (Å²) in [5, 5.41) is 3.10. The molecule has 1 aliphatic heterocycles. The van der Waals surface area contributed by atoms with Crippen LogP contribution in [-0.2, 0) is 11.3 Å². The van der Waals surface area contributed by atoms with Crippen LogP contribution in [0.4, 0.5) is 5.95 Å². The highest BCUT2D eigenvalue weighted by molar-refractivity contribution is 5.92. The first-order chi connectivity index (χ1) is 11.8. The molecule has 3 heterocycles. The third kappa shape index (κ3) is 3.83. The van der Waals surface area contributed by atoms with Crippen molar-refractivity contribution in [2.45, 2.75) is 6.54 Å². The van der Waals surface area contributed by atoms with E-state index in [1.54, 1.807) is 34.5 Å². The van der Waals surface area contributed by atoms with Crippen LogP contribution in [0.2, 0.25) is 0 Å². The summed E-state index contributed by atoms with van der Waals surface area (Å²) in [6.45, 7) is 2.68. The van der Waals surface area contributed by atoms with Gasteiger partial charge in [-0.1, -0.05) is 0 Å². The SMILES string of the molecule is O=CN1CCN(C(=O)c2ccnc(NCc3ccncc3)n2)CC1. The maximum Gasteiger partial charge on any atom is 0.272 e. The summed E-state index contributed by atoms with van der Waals surface area (Å²) >= 11 is 0. The third-order valence-electron chi connectivity index (χ3n) is 3.83. The maximum absolute atomic E-state index is 12.5. The fraction of sp³-hybridized carbons (Fsp3) is 0.312. The predicted octanol–water partition coefficient (Wildman–Crippen LogP) is 0.398. The number of piperazine rings is 1. The number of hydrogen-bond donors (Lipinski definition) is 1. The molecule has 2 aromatic rings. The number of carbonyl (C=O) groups excluding carboxylic acids is 2. The molecular formula is C16H18N6O2. The summed E-state index contributed by atoms with van der Waals surface area (Å²) < 4.78 is 0. The van der Waals surface area contributed by atoms with Gasteiger partial charge in [0.2, 0.25) is 12.4 Å². The number of anilines is 1. The van der Waals surface area contributed by atoms with Gasteiger partial charge in [-0.15, -0.1) is 0 Å².